The number of fused-ring (bicyclic) bond motifs is 8. The smallest absolute Gasteiger partial charge is 0.207 e. The van der Waals surface area contributed by atoms with Crippen molar-refractivity contribution in [3.05, 3.63) is 114 Å². The van der Waals surface area contributed by atoms with Gasteiger partial charge in [-0.3, -0.25) is 0 Å². The predicted molar refractivity (Wildman–Crippen MR) is 150 cm³/mol. The lowest BCUT2D eigenvalue weighted by atomic mass is 9.81. The Bertz CT molecular complexity index is 1910. The molecule has 0 fully saturated rings. The van der Waals surface area contributed by atoms with Crippen molar-refractivity contribution in [3.63, 3.8) is 0 Å². The molecule has 1 aliphatic carbocycles. The van der Waals surface area contributed by atoms with Gasteiger partial charge in [0.25, 0.3) is 0 Å². The summed E-state index contributed by atoms with van der Waals surface area (Å²) < 4.78 is 33.1. The van der Waals surface area contributed by atoms with Gasteiger partial charge in [0.05, 0.1) is 21.2 Å². The molecule has 3 aliphatic rings. The SMILES string of the molecule is CC1(C)c2cc(N3c4ccccc4Oc4ccccc43)ccc2-c2cc3c(cc21)-c1ccccc1S3(=O)=O. The summed E-state index contributed by atoms with van der Waals surface area (Å²) in [5.74, 6) is 1.63. The lowest BCUT2D eigenvalue weighted by molar-refractivity contribution is 0.477. The number of para-hydroxylation sites is 4. The van der Waals surface area contributed by atoms with E-state index in [9.17, 15) is 8.42 Å². The first-order valence-corrected chi connectivity index (χ1v) is 14.2. The minimum Gasteiger partial charge on any atom is -0.453 e. The van der Waals surface area contributed by atoms with Crippen molar-refractivity contribution in [2.45, 2.75) is 29.1 Å². The Kier molecular flexibility index (Phi) is 4.08. The van der Waals surface area contributed by atoms with Crippen molar-refractivity contribution in [1.29, 1.82) is 0 Å². The zero-order chi connectivity index (χ0) is 25.8. The first kappa shape index (κ1) is 21.7. The number of ether oxygens (including phenoxy) is 1. The van der Waals surface area contributed by atoms with Crippen molar-refractivity contribution in [3.8, 4) is 33.8 Å². The second kappa shape index (κ2) is 7.15. The quantitative estimate of drug-likeness (QED) is 0.221. The summed E-state index contributed by atoms with van der Waals surface area (Å²) >= 11 is 0. The zero-order valence-electron chi connectivity index (χ0n) is 20.9. The van der Waals surface area contributed by atoms with E-state index in [0.29, 0.717) is 9.79 Å². The molecular formula is C33H23NO3S. The molecule has 0 spiro atoms. The van der Waals surface area contributed by atoms with Crippen LogP contribution < -0.4 is 9.64 Å². The molecule has 0 saturated carbocycles. The van der Waals surface area contributed by atoms with Crippen LogP contribution in [0.15, 0.2) is 113 Å². The number of sulfone groups is 1. The van der Waals surface area contributed by atoms with Crippen LogP contribution in [0.1, 0.15) is 25.0 Å². The van der Waals surface area contributed by atoms with Crippen LogP contribution >= 0.6 is 0 Å². The number of hydrogen-bond acceptors (Lipinski definition) is 4. The van der Waals surface area contributed by atoms with Crippen molar-refractivity contribution >= 4 is 26.9 Å². The monoisotopic (exact) mass is 513 g/mol. The van der Waals surface area contributed by atoms with Crippen LogP contribution in [0.25, 0.3) is 22.3 Å². The average molecular weight is 514 g/mol. The summed E-state index contributed by atoms with van der Waals surface area (Å²) in [6.07, 6.45) is 0. The van der Waals surface area contributed by atoms with E-state index in [-0.39, 0.29) is 5.41 Å². The standard InChI is InChI=1S/C33H23NO3S/c1-33(2)25-17-20(34-27-10-4-6-12-29(27)37-30-13-7-5-11-28(30)34)15-16-21(25)23-19-32-24(18-26(23)33)22-9-3-8-14-31(22)38(32,35)36/h3-19H,1-2H3. The van der Waals surface area contributed by atoms with Crippen LogP contribution in [-0.2, 0) is 15.3 Å². The Morgan fingerprint density at radius 3 is 1.97 bits per heavy atom. The molecular weight excluding hydrogens is 490 g/mol. The zero-order valence-corrected chi connectivity index (χ0v) is 21.7. The minimum atomic E-state index is -3.54. The first-order chi connectivity index (χ1) is 18.4. The molecule has 0 amide bonds. The maximum absolute atomic E-state index is 13.4. The summed E-state index contributed by atoms with van der Waals surface area (Å²) in [7, 11) is -3.54. The second-order valence-electron chi connectivity index (χ2n) is 10.6. The molecule has 5 aromatic rings. The van der Waals surface area contributed by atoms with E-state index >= 15 is 0 Å². The fourth-order valence-electron chi connectivity index (χ4n) is 6.35. The lowest BCUT2D eigenvalue weighted by Crippen LogP contribution is -2.18. The van der Waals surface area contributed by atoms with Crippen LogP contribution in [0.5, 0.6) is 11.5 Å². The second-order valence-corrected chi connectivity index (χ2v) is 12.5. The van der Waals surface area contributed by atoms with Gasteiger partial charge in [0, 0.05) is 22.2 Å². The highest BCUT2D eigenvalue weighted by molar-refractivity contribution is 7.92. The van der Waals surface area contributed by atoms with Gasteiger partial charge in [0.2, 0.25) is 9.84 Å². The van der Waals surface area contributed by atoms with E-state index in [0.717, 1.165) is 56.4 Å². The summed E-state index contributed by atoms with van der Waals surface area (Å²) in [6.45, 7) is 4.45. The molecule has 0 atom stereocenters. The maximum Gasteiger partial charge on any atom is 0.207 e. The third-order valence-electron chi connectivity index (χ3n) is 8.21. The molecule has 2 heterocycles. The van der Waals surface area contributed by atoms with Crippen molar-refractivity contribution < 1.29 is 13.2 Å². The average Bonchev–Trinajstić information content (AvgIpc) is 3.30. The largest absolute Gasteiger partial charge is 0.453 e. The highest BCUT2D eigenvalue weighted by Crippen LogP contribution is 2.56. The minimum absolute atomic E-state index is 0.303. The molecule has 5 aromatic carbocycles. The van der Waals surface area contributed by atoms with Crippen LogP contribution in [-0.4, -0.2) is 8.42 Å². The van der Waals surface area contributed by atoms with Gasteiger partial charge in [-0.25, -0.2) is 8.42 Å². The molecule has 8 rings (SSSR count). The van der Waals surface area contributed by atoms with Crippen molar-refractivity contribution in [1.82, 2.24) is 0 Å². The van der Waals surface area contributed by atoms with Gasteiger partial charge >= 0.3 is 0 Å². The van der Waals surface area contributed by atoms with Gasteiger partial charge in [-0.05, 0) is 76.9 Å². The third kappa shape index (κ3) is 2.66. The van der Waals surface area contributed by atoms with E-state index in [2.05, 4.69) is 55.1 Å². The fourth-order valence-corrected chi connectivity index (χ4v) is 8.04. The molecule has 184 valence electrons. The Hall–Kier alpha value is -4.35. The van der Waals surface area contributed by atoms with E-state index < -0.39 is 9.84 Å². The molecule has 38 heavy (non-hydrogen) atoms. The number of anilines is 3. The Balaban J connectivity index is 1.33. The molecule has 0 aromatic heterocycles. The number of nitrogens with zero attached hydrogens (tertiary/aromatic N) is 1. The van der Waals surface area contributed by atoms with Crippen molar-refractivity contribution in [2.24, 2.45) is 0 Å². The van der Waals surface area contributed by atoms with Crippen molar-refractivity contribution in [2.75, 3.05) is 4.90 Å². The maximum atomic E-state index is 13.4. The van der Waals surface area contributed by atoms with E-state index in [1.165, 1.54) is 5.56 Å². The lowest BCUT2D eigenvalue weighted by Gasteiger charge is -2.33. The van der Waals surface area contributed by atoms with E-state index in [1.807, 2.05) is 54.6 Å². The van der Waals surface area contributed by atoms with E-state index in [4.69, 9.17) is 4.74 Å². The topological polar surface area (TPSA) is 46.6 Å². The van der Waals surface area contributed by atoms with Gasteiger partial charge in [-0.2, -0.15) is 0 Å². The van der Waals surface area contributed by atoms with Gasteiger partial charge < -0.3 is 9.64 Å². The Morgan fingerprint density at radius 2 is 1.24 bits per heavy atom. The fraction of sp³-hybridized carbons (Fsp3) is 0.0909. The predicted octanol–water partition coefficient (Wildman–Crippen LogP) is 8.38. The van der Waals surface area contributed by atoms with Crippen LogP contribution in [0.2, 0.25) is 0 Å². The van der Waals surface area contributed by atoms with E-state index in [1.54, 1.807) is 12.1 Å². The normalized spacial score (nSPS) is 16.4. The third-order valence-corrected chi connectivity index (χ3v) is 10.1. The Labute approximate surface area is 221 Å². The summed E-state index contributed by atoms with van der Waals surface area (Å²) in [5, 5.41) is 0. The summed E-state index contributed by atoms with van der Waals surface area (Å²) in [4.78, 5) is 3.05. The number of rotatable bonds is 1. The number of hydrogen-bond donors (Lipinski definition) is 0. The Morgan fingerprint density at radius 1 is 0.605 bits per heavy atom. The van der Waals surface area contributed by atoms with Gasteiger partial charge in [-0.1, -0.05) is 62.4 Å². The van der Waals surface area contributed by atoms with Gasteiger partial charge in [-0.15, -0.1) is 0 Å². The molecule has 0 bridgehead atoms. The highest BCUT2D eigenvalue weighted by Gasteiger charge is 2.41. The number of benzene rings is 5. The molecule has 0 N–H and O–H groups in total. The highest BCUT2D eigenvalue weighted by atomic mass is 32.2. The molecule has 0 unspecified atom stereocenters. The molecule has 0 radical (unpaired) electrons. The summed E-state index contributed by atoms with van der Waals surface area (Å²) in [6, 6.07) is 34.0. The molecule has 5 heteroatoms. The van der Waals surface area contributed by atoms with Crippen LogP contribution in [0, 0.1) is 0 Å². The molecule has 4 nitrogen and oxygen atoms in total. The van der Waals surface area contributed by atoms with Crippen LogP contribution in [0.3, 0.4) is 0 Å². The summed E-state index contributed by atoms with van der Waals surface area (Å²) in [5.41, 5.74) is 8.71. The molecule has 2 aliphatic heterocycles. The van der Waals surface area contributed by atoms with Gasteiger partial charge in [0.1, 0.15) is 0 Å². The molecule has 0 saturated heterocycles. The van der Waals surface area contributed by atoms with Crippen LogP contribution in [0.4, 0.5) is 17.1 Å². The first-order valence-electron chi connectivity index (χ1n) is 12.7. The van der Waals surface area contributed by atoms with Gasteiger partial charge in [0.15, 0.2) is 11.5 Å².